The molecule has 0 aliphatic carbocycles. The average molecular weight is 244 g/mol. The summed E-state index contributed by atoms with van der Waals surface area (Å²) in [5, 5.41) is 13.3. The lowest BCUT2D eigenvalue weighted by Crippen LogP contribution is -2.38. The molecular weight excluding hydrogens is 220 g/mol. The number of nitrogens with zero attached hydrogens (tertiary/aromatic N) is 1. The maximum absolute atomic E-state index is 9.87. The topological polar surface area (TPSA) is 35.5 Å². The van der Waals surface area contributed by atoms with Crippen molar-refractivity contribution < 1.29 is 5.11 Å². The van der Waals surface area contributed by atoms with Gasteiger partial charge in [-0.1, -0.05) is 0 Å². The van der Waals surface area contributed by atoms with Gasteiger partial charge < -0.3 is 15.3 Å². The van der Waals surface area contributed by atoms with Crippen LogP contribution in [0.25, 0.3) is 0 Å². The van der Waals surface area contributed by atoms with E-state index in [2.05, 4.69) is 22.0 Å². The Kier molecular flexibility index (Phi) is 5.42. The van der Waals surface area contributed by atoms with Crippen LogP contribution in [0.2, 0.25) is 0 Å². The minimum Gasteiger partial charge on any atom is -0.390 e. The monoisotopic (exact) mass is 244 g/mol. The summed E-state index contributed by atoms with van der Waals surface area (Å²) in [7, 11) is 0. The van der Waals surface area contributed by atoms with Crippen molar-refractivity contribution >= 4 is 11.8 Å². The van der Waals surface area contributed by atoms with E-state index in [1.807, 2.05) is 0 Å². The first-order chi connectivity index (χ1) is 7.84. The third-order valence-corrected chi connectivity index (χ3v) is 4.74. The molecule has 2 fully saturated rings. The van der Waals surface area contributed by atoms with Gasteiger partial charge in [-0.2, -0.15) is 11.8 Å². The number of thioether (sulfide) groups is 1. The maximum atomic E-state index is 9.87. The first-order valence-corrected chi connectivity index (χ1v) is 7.69. The highest BCUT2D eigenvalue weighted by molar-refractivity contribution is 7.99. The van der Waals surface area contributed by atoms with Gasteiger partial charge >= 0.3 is 0 Å². The van der Waals surface area contributed by atoms with Crippen molar-refractivity contribution in [2.24, 2.45) is 5.92 Å². The number of aliphatic hydroxyl groups excluding tert-OH is 1. The molecule has 2 unspecified atom stereocenters. The molecule has 2 aliphatic rings. The molecule has 0 radical (unpaired) electrons. The standard InChI is InChI=1S/C12H24N2OS/c15-12(9-14-4-1-2-5-14)8-13-7-11-3-6-16-10-11/h11-13,15H,1-10H2. The van der Waals surface area contributed by atoms with Crippen molar-refractivity contribution in [2.45, 2.75) is 25.4 Å². The molecule has 4 heteroatoms. The van der Waals surface area contributed by atoms with Gasteiger partial charge in [0.2, 0.25) is 0 Å². The Morgan fingerprint density at radius 1 is 1.38 bits per heavy atom. The molecule has 0 bridgehead atoms. The van der Waals surface area contributed by atoms with E-state index >= 15 is 0 Å². The van der Waals surface area contributed by atoms with E-state index in [1.165, 1.54) is 43.9 Å². The predicted octanol–water partition coefficient (Wildman–Crippen LogP) is 0.786. The lowest BCUT2D eigenvalue weighted by Gasteiger charge is -2.20. The van der Waals surface area contributed by atoms with E-state index < -0.39 is 0 Å². The Bertz CT molecular complexity index is 191. The first-order valence-electron chi connectivity index (χ1n) is 6.53. The fourth-order valence-corrected chi connectivity index (χ4v) is 3.81. The second-order valence-corrected chi connectivity index (χ2v) is 6.20. The second-order valence-electron chi connectivity index (χ2n) is 5.05. The SMILES string of the molecule is OC(CNCC1CCSC1)CN1CCCC1. The minimum atomic E-state index is -0.188. The normalized spacial score (nSPS) is 28.7. The van der Waals surface area contributed by atoms with Gasteiger partial charge in [0.1, 0.15) is 0 Å². The molecular formula is C12H24N2OS. The smallest absolute Gasteiger partial charge is 0.0791 e. The van der Waals surface area contributed by atoms with E-state index in [-0.39, 0.29) is 6.10 Å². The predicted molar refractivity (Wildman–Crippen MR) is 70.0 cm³/mol. The molecule has 0 aromatic heterocycles. The number of β-amino-alcohol motifs (C(OH)–C–C–N with tert-alkyl or cyclic N) is 1. The summed E-state index contributed by atoms with van der Waals surface area (Å²) in [4.78, 5) is 2.37. The fourth-order valence-electron chi connectivity index (χ4n) is 2.53. The van der Waals surface area contributed by atoms with E-state index in [1.54, 1.807) is 0 Å². The zero-order valence-corrected chi connectivity index (χ0v) is 10.8. The van der Waals surface area contributed by atoms with E-state index in [0.717, 1.165) is 25.6 Å². The van der Waals surface area contributed by atoms with Crippen molar-refractivity contribution in [1.29, 1.82) is 0 Å². The van der Waals surface area contributed by atoms with Crippen LogP contribution in [-0.2, 0) is 0 Å². The quantitative estimate of drug-likeness (QED) is 0.724. The van der Waals surface area contributed by atoms with Crippen LogP contribution in [0.15, 0.2) is 0 Å². The Morgan fingerprint density at radius 2 is 2.19 bits per heavy atom. The number of aliphatic hydroxyl groups is 1. The van der Waals surface area contributed by atoms with Gasteiger partial charge in [-0.15, -0.1) is 0 Å². The summed E-state index contributed by atoms with van der Waals surface area (Å²) in [6.07, 6.45) is 3.77. The molecule has 0 amide bonds. The molecule has 94 valence electrons. The molecule has 0 aromatic carbocycles. The van der Waals surface area contributed by atoms with Gasteiger partial charge in [0.25, 0.3) is 0 Å². The van der Waals surface area contributed by atoms with Crippen molar-refractivity contribution in [3.8, 4) is 0 Å². The van der Waals surface area contributed by atoms with Gasteiger partial charge in [-0.25, -0.2) is 0 Å². The van der Waals surface area contributed by atoms with Crippen LogP contribution in [0.4, 0.5) is 0 Å². The molecule has 2 N–H and O–H groups in total. The summed E-state index contributed by atoms with van der Waals surface area (Å²) in [6, 6.07) is 0. The lowest BCUT2D eigenvalue weighted by molar-refractivity contribution is 0.122. The Labute approximate surface area is 103 Å². The van der Waals surface area contributed by atoms with Crippen LogP contribution in [0.3, 0.4) is 0 Å². The average Bonchev–Trinajstić information content (AvgIpc) is 2.90. The van der Waals surface area contributed by atoms with Crippen molar-refractivity contribution in [2.75, 3.05) is 44.2 Å². The molecule has 2 heterocycles. The van der Waals surface area contributed by atoms with Crippen molar-refractivity contribution in [3.63, 3.8) is 0 Å². The second kappa shape index (κ2) is 6.84. The molecule has 0 spiro atoms. The third kappa shape index (κ3) is 4.24. The number of nitrogens with one attached hydrogen (secondary N) is 1. The van der Waals surface area contributed by atoms with Crippen molar-refractivity contribution in [3.05, 3.63) is 0 Å². The molecule has 0 aromatic rings. The molecule has 2 saturated heterocycles. The van der Waals surface area contributed by atoms with Crippen molar-refractivity contribution in [1.82, 2.24) is 10.2 Å². The highest BCUT2D eigenvalue weighted by atomic mass is 32.2. The van der Waals surface area contributed by atoms with Gasteiger partial charge in [0, 0.05) is 13.1 Å². The van der Waals surface area contributed by atoms with Gasteiger partial charge in [-0.05, 0) is 56.3 Å². The Hall–Kier alpha value is 0.230. The first kappa shape index (κ1) is 12.7. The van der Waals surface area contributed by atoms with E-state index in [4.69, 9.17) is 0 Å². The molecule has 2 rings (SSSR count). The number of hydrogen-bond donors (Lipinski definition) is 2. The highest BCUT2D eigenvalue weighted by Crippen LogP contribution is 2.22. The highest BCUT2D eigenvalue weighted by Gasteiger charge is 2.17. The summed E-state index contributed by atoms with van der Waals surface area (Å²) in [5.41, 5.74) is 0. The van der Waals surface area contributed by atoms with Gasteiger partial charge in [0.05, 0.1) is 6.10 Å². The number of hydrogen-bond acceptors (Lipinski definition) is 4. The summed E-state index contributed by atoms with van der Waals surface area (Å²) in [5.74, 6) is 3.46. The van der Waals surface area contributed by atoms with Crippen LogP contribution in [0, 0.1) is 5.92 Å². The Balaban J connectivity index is 1.51. The van der Waals surface area contributed by atoms with Crippen LogP contribution in [-0.4, -0.2) is 60.3 Å². The molecule has 0 saturated carbocycles. The zero-order valence-electron chi connectivity index (χ0n) is 10.0. The van der Waals surface area contributed by atoms with Crippen LogP contribution < -0.4 is 5.32 Å². The summed E-state index contributed by atoms with van der Waals surface area (Å²) in [6.45, 7) is 5.06. The lowest BCUT2D eigenvalue weighted by atomic mass is 10.1. The minimum absolute atomic E-state index is 0.188. The van der Waals surface area contributed by atoms with E-state index in [0.29, 0.717) is 0 Å². The largest absolute Gasteiger partial charge is 0.390 e. The fraction of sp³-hybridized carbons (Fsp3) is 1.00. The summed E-state index contributed by atoms with van der Waals surface area (Å²) >= 11 is 2.06. The van der Waals surface area contributed by atoms with Crippen LogP contribution >= 0.6 is 11.8 Å². The molecule has 3 nitrogen and oxygen atoms in total. The third-order valence-electron chi connectivity index (χ3n) is 3.50. The van der Waals surface area contributed by atoms with Gasteiger partial charge in [0.15, 0.2) is 0 Å². The van der Waals surface area contributed by atoms with Gasteiger partial charge in [-0.3, -0.25) is 0 Å². The molecule has 2 aliphatic heterocycles. The maximum Gasteiger partial charge on any atom is 0.0791 e. The van der Waals surface area contributed by atoms with Crippen LogP contribution in [0.5, 0.6) is 0 Å². The number of rotatable bonds is 6. The van der Waals surface area contributed by atoms with E-state index in [9.17, 15) is 5.11 Å². The number of likely N-dealkylation sites (tertiary alicyclic amines) is 1. The van der Waals surface area contributed by atoms with Crippen LogP contribution in [0.1, 0.15) is 19.3 Å². The molecule has 16 heavy (non-hydrogen) atoms. The summed E-state index contributed by atoms with van der Waals surface area (Å²) < 4.78 is 0. The zero-order chi connectivity index (χ0) is 11.2. The Morgan fingerprint density at radius 3 is 2.88 bits per heavy atom. The molecule has 2 atom stereocenters.